The molecule has 3 rings (SSSR count). The van der Waals surface area contributed by atoms with Crippen molar-refractivity contribution in [1.29, 1.82) is 0 Å². The second-order valence-corrected chi connectivity index (χ2v) is 6.81. The number of fused-ring (bicyclic) bond motifs is 1. The van der Waals surface area contributed by atoms with Crippen LogP contribution >= 0.6 is 34.5 Å². The SMILES string of the molecule is Nc1nc2ccc(CC(=O)N/N=C\c3cccc(Cl)c3Cl)cc2s1. The number of hydrogen-bond acceptors (Lipinski definition) is 5. The van der Waals surface area contributed by atoms with Gasteiger partial charge < -0.3 is 5.73 Å². The highest BCUT2D eigenvalue weighted by molar-refractivity contribution is 7.22. The van der Waals surface area contributed by atoms with Gasteiger partial charge in [-0.05, 0) is 23.8 Å². The van der Waals surface area contributed by atoms with E-state index in [1.165, 1.54) is 17.6 Å². The molecule has 24 heavy (non-hydrogen) atoms. The molecule has 0 unspecified atom stereocenters. The second kappa shape index (κ2) is 7.17. The van der Waals surface area contributed by atoms with E-state index in [4.69, 9.17) is 28.9 Å². The molecule has 0 saturated heterocycles. The van der Waals surface area contributed by atoms with Crippen molar-refractivity contribution >= 4 is 62.0 Å². The number of nitrogens with two attached hydrogens (primary N) is 1. The smallest absolute Gasteiger partial charge is 0.244 e. The Balaban J connectivity index is 1.64. The van der Waals surface area contributed by atoms with Crippen LogP contribution in [0.4, 0.5) is 5.13 Å². The molecule has 5 nitrogen and oxygen atoms in total. The van der Waals surface area contributed by atoms with Gasteiger partial charge in [0.1, 0.15) is 0 Å². The molecule has 0 spiro atoms. The first kappa shape index (κ1) is 16.7. The zero-order valence-electron chi connectivity index (χ0n) is 12.3. The van der Waals surface area contributed by atoms with Gasteiger partial charge in [0.2, 0.25) is 5.91 Å². The number of thiazole rings is 1. The third kappa shape index (κ3) is 3.84. The zero-order chi connectivity index (χ0) is 17.1. The van der Waals surface area contributed by atoms with Gasteiger partial charge in [0.15, 0.2) is 5.13 Å². The number of hydrazone groups is 1. The molecule has 0 atom stereocenters. The van der Waals surface area contributed by atoms with Crippen LogP contribution in [0.1, 0.15) is 11.1 Å². The van der Waals surface area contributed by atoms with Crippen molar-refractivity contribution in [3.8, 4) is 0 Å². The number of amides is 1. The van der Waals surface area contributed by atoms with Crippen LogP contribution in [0.25, 0.3) is 10.2 Å². The number of hydrogen-bond donors (Lipinski definition) is 2. The minimum atomic E-state index is -0.235. The Kier molecular flexibility index (Phi) is 4.99. The summed E-state index contributed by atoms with van der Waals surface area (Å²) in [7, 11) is 0. The van der Waals surface area contributed by atoms with E-state index in [0.29, 0.717) is 20.7 Å². The van der Waals surface area contributed by atoms with Gasteiger partial charge in [0.05, 0.1) is 32.9 Å². The number of rotatable bonds is 4. The highest BCUT2D eigenvalue weighted by Gasteiger charge is 2.06. The molecule has 1 heterocycles. The summed E-state index contributed by atoms with van der Waals surface area (Å²) in [5, 5.41) is 5.25. The number of halogens is 2. The lowest BCUT2D eigenvalue weighted by Gasteiger charge is -2.02. The summed E-state index contributed by atoms with van der Waals surface area (Å²) in [6.45, 7) is 0. The first-order valence-corrected chi connectivity index (χ1v) is 8.51. The van der Waals surface area contributed by atoms with Crippen LogP contribution in [0.5, 0.6) is 0 Å². The maximum absolute atomic E-state index is 12.0. The Morgan fingerprint density at radius 2 is 2.17 bits per heavy atom. The lowest BCUT2D eigenvalue weighted by molar-refractivity contribution is -0.120. The van der Waals surface area contributed by atoms with E-state index >= 15 is 0 Å². The molecule has 3 N–H and O–H groups in total. The number of nitrogens with one attached hydrogen (secondary N) is 1. The molecule has 0 fully saturated rings. The third-order valence-corrected chi connectivity index (χ3v) is 4.89. The summed E-state index contributed by atoms with van der Waals surface area (Å²) in [5.74, 6) is -0.235. The highest BCUT2D eigenvalue weighted by atomic mass is 35.5. The van der Waals surface area contributed by atoms with Crippen molar-refractivity contribution in [2.45, 2.75) is 6.42 Å². The molecule has 1 aromatic heterocycles. The van der Waals surface area contributed by atoms with Crippen molar-refractivity contribution in [3.63, 3.8) is 0 Å². The number of benzene rings is 2. The molecular weight excluding hydrogens is 367 g/mol. The Hall–Kier alpha value is -2.15. The van der Waals surface area contributed by atoms with E-state index in [2.05, 4.69) is 15.5 Å². The fourth-order valence-electron chi connectivity index (χ4n) is 2.12. The minimum absolute atomic E-state index is 0.203. The molecule has 0 aliphatic heterocycles. The maximum atomic E-state index is 12.0. The number of nitrogen functional groups attached to an aromatic ring is 1. The van der Waals surface area contributed by atoms with Crippen molar-refractivity contribution in [2.75, 3.05) is 5.73 Å². The van der Waals surface area contributed by atoms with Crippen LogP contribution in [-0.4, -0.2) is 17.1 Å². The van der Waals surface area contributed by atoms with Gasteiger partial charge in [-0.25, -0.2) is 10.4 Å². The van der Waals surface area contributed by atoms with Gasteiger partial charge in [0.25, 0.3) is 0 Å². The number of aromatic nitrogens is 1. The number of nitrogens with zero attached hydrogens (tertiary/aromatic N) is 2. The first-order chi connectivity index (χ1) is 11.5. The minimum Gasteiger partial charge on any atom is -0.375 e. The van der Waals surface area contributed by atoms with Gasteiger partial charge >= 0.3 is 0 Å². The summed E-state index contributed by atoms with van der Waals surface area (Å²) in [5.41, 5.74) is 10.5. The molecule has 8 heteroatoms. The molecule has 0 aliphatic carbocycles. The molecule has 122 valence electrons. The molecule has 0 aliphatic rings. The van der Waals surface area contributed by atoms with E-state index < -0.39 is 0 Å². The normalized spacial score (nSPS) is 11.2. The van der Waals surface area contributed by atoms with E-state index in [1.807, 2.05) is 18.2 Å². The molecule has 0 saturated carbocycles. The van der Waals surface area contributed by atoms with E-state index in [9.17, 15) is 4.79 Å². The van der Waals surface area contributed by atoms with Crippen LogP contribution < -0.4 is 11.2 Å². The summed E-state index contributed by atoms with van der Waals surface area (Å²) in [6.07, 6.45) is 1.66. The van der Waals surface area contributed by atoms with Gasteiger partial charge in [-0.1, -0.05) is 52.7 Å². The van der Waals surface area contributed by atoms with Crippen LogP contribution in [0.2, 0.25) is 10.0 Å². The van der Waals surface area contributed by atoms with E-state index in [1.54, 1.807) is 18.2 Å². The average Bonchev–Trinajstić information content (AvgIpc) is 2.91. The third-order valence-electron chi connectivity index (χ3n) is 3.21. The van der Waals surface area contributed by atoms with Gasteiger partial charge in [-0.3, -0.25) is 4.79 Å². The van der Waals surface area contributed by atoms with Crippen molar-refractivity contribution in [1.82, 2.24) is 10.4 Å². The van der Waals surface area contributed by atoms with Crippen LogP contribution in [0.15, 0.2) is 41.5 Å². The van der Waals surface area contributed by atoms with Crippen molar-refractivity contribution in [2.24, 2.45) is 5.10 Å². The molecule has 1 amide bonds. The number of anilines is 1. The van der Waals surface area contributed by atoms with Crippen LogP contribution in [-0.2, 0) is 11.2 Å². The molecule has 0 radical (unpaired) electrons. The van der Waals surface area contributed by atoms with Crippen LogP contribution in [0.3, 0.4) is 0 Å². The second-order valence-electron chi connectivity index (χ2n) is 4.97. The standard InChI is InChI=1S/C16H12Cl2N4OS/c17-11-3-1-2-10(15(11)18)8-20-22-14(23)7-9-4-5-12-13(6-9)24-16(19)21-12/h1-6,8H,7H2,(H2,19,21)(H,22,23)/b20-8-. The molecular formula is C16H12Cl2N4OS. The zero-order valence-corrected chi connectivity index (χ0v) is 14.6. The molecule has 3 aromatic rings. The monoisotopic (exact) mass is 378 g/mol. The lowest BCUT2D eigenvalue weighted by atomic mass is 10.1. The first-order valence-electron chi connectivity index (χ1n) is 6.94. The van der Waals surface area contributed by atoms with Crippen molar-refractivity contribution < 1.29 is 4.79 Å². The fourth-order valence-corrected chi connectivity index (χ4v) is 3.27. The predicted molar refractivity (Wildman–Crippen MR) is 99.9 cm³/mol. The van der Waals surface area contributed by atoms with Gasteiger partial charge in [-0.2, -0.15) is 5.10 Å². The van der Waals surface area contributed by atoms with E-state index in [0.717, 1.165) is 15.8 Å². The van der Waals surface area contributed by atoms with E-state index in [-0.39, 0.29) is 12.3 Å². The Bertz CT molecular complexity index is 939. The largest absolute Gasteiger partial charge is 0.375 e. The Labute approximate surface area is 152 Å². The molecule has 0 bridgehead atoms. The van der Waals surface area contributed by atoms with Gasteiger partial charge in [-0.15, -0.1) is 0 Å². The predicted octanol–water partition coefficient (Wildman–Crippen LogP) is 3.88. The Morgan fingerprint density at radius 3 is 3.00 bits per heavy atom. The lowest BCUT2D eigenvalue weighted by Crippen LogP contribution is -2.19. The summed E-state index contributed by atoms with van der Waals surface area (Å²) in [4.78, 5) is 16.2. The number of carbonyl (C=O) groups excluding carboxylic acids is 1. The topological polar surface area (TPSA) is 80.4 Å². The summed E-state index contributed by atoms with van der Waals surface area (Å²) in [6, 6.07) is 10.8. The number of carbonyl (C=O) groups is 1. The fraction of sp³-hybridized carbons (Fsp3) is 0.0625. The maximum Gasteiger partial charge on any atom is 0.244 e. The quantitative estimate of drug-likeness (QED) is 0.533. The van der Waals surface area contributed by atoms with Crippen LogP contribution in [0, 0.1) is 0 Å². The van der Waals surface area contributed by atoms with Gasteiger partial charge in [0, 0.05) is 5.56 Å². The highest BCUT2D eigenvalue weighted by Crippen LogP contribution is 2.25. The average molecular weight is 379 g/mol. The Morgan fingerprint density at radius 1 is 1.33 bits per heavy atom. The molecule has 2 aromatic carbocycles. The summed E-state index contributed by atoms with van der Waals surface area (Å²) >= 11 is 13.4. The summed E-state index contributed by atoms with van der Waals surface area (Å²) < 4.78 is 0.951. The van der Waals surface area contributed by atoms with Crippen molar-refractivity contribution in [3.05, 3.63) is 57.6 Å².